The van der Waals surface area contributed by atoms with Crippen LogP contribution >= 0.6 is 0 Å². The van der Waals surface area contributed by atoms with Crippen LogP contribution in [0.3, 0.4) is 0 Å². The third kappa shape index (κ3) is 5.55. The SMILES string of the molecule is COc1cc2c3cc1Oc1ccc(O)c(c1)C(=O)NCCCOc1cccc(c1)C2N(C(=O)c1cc(C2CC2)nc2ccccc12)CC3. The summed E-state index contributed by atoms with van der Waals surface area (Å²) in [6, 6.07) is 25.8. The largest absolute Gasteiger partial charge is 0.507 e. The van der Waals surface area contributed by atoms with Crippen molar-refractivity contribution in [3.8, 4) is 28.7 Å². The predicted octanol–water partition coefficient (Wildman–Crippen LogP) is 6.92. The molecule has 0 spiro atoms. The van der Waals surface area contributed by atoms with Crippen molar-refractivity contribution >= 4 is 22.7 Å². The number of nitrogens with zero attached hydrogens (tertiary/aromatic N) is 2. The van der Waals surface area contributed by atoms with Crippen LogP contribution in [0.15, 0.2) is 84.9 Å². The molecule has 1 fully saturated rings. The molecule has 2 amide bonds. The number of carbonyl (C=O) groups excluding carboxylic acids is 2. The number of fused-ring (bicyclic) bond motifs is 7. The number of aromatic nitrogens is 1. The number of ether oxygens (including phenoxy) is 3. The molecule has 4 aromatic carbocycles. The quantitative estimate of drug-likeness (QED) is 0.220. The van der Waals surface area contributed by atoms with Crippen molar-refractivity contribution in [1.82, 2.24) is 15.2 Å². The highest BCUT2D eigenvalue weighted by molar-refractivity contribution is 6.06. The summed E-state index contributed by atoms with van der Waals surface area (Å²) in [5.74, 6) is 1.80. The molecule has 1 unspecified atom stereocenters. The van der Waals surface area contributed by atoms with E-state index in [1.54, 1.807) is 13.2 Å². The lowest BCUT2D eigenvalue weighted by molar-refractivity contribution is 0.0695. The van der Waals surface area contributed by atoms with Gasteiger partial charge in [-0.1, -0.05) is 30.3 Å². The first-order valence-electron chi connectivity index (χ1n) is 16.4. The first-order chi connectivity index (χ1) is 23.5. The summed E-state index contributed by atoms with van der Waals surface area (Å²) in [5, 5.41) is 14.1. The van der Waals surface area contributed by atoms with E-state index in [-0.39, 0.29) is 17.2 Å². The summed E-state index contributed by atoms with van der Waals surface area (Å²) in [4.78, 5) is 34.6. The van der Waals surface area contributed by atoms with Crippen molar-refractivity contribution in [3.63, 3.8) is 0 Å². The third-order valence-electron chi connectivity index (χ3n) is 9.37. The van der Waals surface area contributed by atoms with Gasteiger partial charge in [0.15, 0.2) is 11.5 Å². The standard InChI is InChI=1S/C39H35N3O6/c1-46-35-22-29-24-14-16-42(39(45)30-21-33(23-10-11-23)41-32-9-3-2-8-28(30)32)37(29)25-6-4-7-26(18-25)47-17-5-15-40-38(44)31-20-27(12-13-34(31)43)48-36(35)19-24/h2-4,6-9,12-13,18-23,37,43H,5,10-11,14-17H2,1H3,(H,40,44). The van der Waals surface area contributed by atoms with Gasteiger partial charge >= 0.3 is 0 Å². The molecule has 4 aliphatic rings. The lowest BCUT2D eigenvalue weighted by atomic mass is 9.86. The molecule has 4 heterocycles. The van der Waals surface area contributed by atoms with Crippen LogP contribution in [0.5, 0.6) is 28.7 Å². The average molecular weight is 642 g/mol. The van der Waals surface area contributed by atoms with Gasteiger partial charge in [0.2, 0.25) is 0 Å². The van der Waals surface area contributed by atoms with Crippen LogP contribution in [0, 0.1) is 0 Å². The second kappa shape index (κ2) is 12.2. The highest BCUT2D eigenvalue weighted by Gasteiger charge is 2.36. The van der Waals surface area contributed by atoms with Gasteiger partial charge in [-0.05, 0) is 97.0 Å². The minimum Gasteiger partial charge on any atom is -0.507 e. The second-order valence-corrected chi connectivity index (χ2v) is 12.6. The maximum Gasteiger partial charge on any atom is 0.255 e. The molecule has 9 heteroatoms. The highest BCUT2D eigenvalue weighted by atomic mass is 16.5. The van der Waals surface area contributed by atoms with Gasteiger partial charge in [-0.2, -0.15) is 0 Å². The van der Waals surface area contributed by atoms with Crippen molar-refractivity contribution in [2.24, 2.45) is 0 Å². The van der Waals surface area contributed by atoms with Crippen LogP contribution < -0.4 is 19.5 Å². The molecule has 5 aromatic rings. The lowest BCUT2D eigenvalue weighted by Crippen LogP contribution is -2.40. The van der Waals surface area contributed by atoms with Crippen molar-refractivity contribution in [2.75, 3.05) is 26.8 Å². The molecule has 8 bridgehead atoms. The number of phenolic OH excluding ortho intramolecular Hbond substituents is 1. The summed E-state index contributed by atoms with van der Waals surface area (Å²) < 4.78 is 18.3. The zero-order valence-electron chi connectivity index (χ0n) is 26.6. The number of carbonyl (C=O) groups is 2. The second-order valence-electron chi connectivity index (χ2n) is 12.6. The molecular weight excluding hydrogens is 606 g/mol. The van der Waals surface area contributed by atoms with Crippen LogP contribution in [0.1, 0.15) is 74.3 Å². The molecule has 1 saturated carbocycles. The molecule has 3 aliphatic heterocycles. The Morgan fingerprint density at radius 3 is 2.73 bits per heavy atom. The Morgan fingerprint density at radius 1 is 1.00 bits per heavy atom. The van der Waals surface area contributed by atoms with Gasteiger partial charge in [0.25, 0.3) is 11.8 Å². The van der Waals surface area contributed by atoms with Crippen molar-refractivity contribution in [1.29, 1.82) is 0 Å². The van der Waals surface area contributed by atoms with Crippen molar-refractivity contribution in [3.05, 3.63) is 118 Å². The lowest BCUT2D eigenvalue weighted by Gasteiger charge is -2.38. The number of benzene rings is 4. The zero-order valence-corrected chi connectivity index (χ0v) is 26.6. The normalized spacial score (nSPS) is 17.5. The fourth-order valence-electron chi connectivity index (χ4n) is 6.78. The minimum absolute atomic E-state index is 0.0497. The Kier molecular flexibility index (Phi) is 7.59. The van der Waals surface area contributed by atoms with Crippen LogP contribution in [-0.4, -0.2) is 53.6 Å². The van der Waals surface area contributed by atoms with Crippen molar-refractivity contribution in [2.45, 2.75) is 37.6 Å². The van der Waals surface area contributed by atoms with Gasteiger partial charge < -0.3 is 29.5 Å². The molecule has 1 atom stereocenters. The number of rotatable bonds is 3. The van der Waals surface area contributed by atoms with E-state index in [1.165, 1.54) is 12.1 Å². The van der Waals surface area contributed by atoms with Gasteiger partial charge in [0.1, 0.15) is 17.2 Å². The third-order valence-corrected chi connectivity index (χ3v) is 9.37. The molecule has 1 aromatic heterocycles. The smallest absolute Gasteiger partial charge is 0.255 e. The number of hydrogen-bond donors (Lipinski definition) is 2. The van der Waals surface area contributed by atoms with E-state index in [2.05, 4.69) is 5.32 Å². The molecule has 242 valence electrons. The van der Waals surface area contributed by atoms with E-state index < -0.39 is 11.9 Å². The fourth-order valence-corrected chi connectivity index (χ4v) is 6.78. The number of pyridine rings is 1. The maximum absolute atomic E-state index is 14.8. The zero-order chi connectivity index (χ0) is 32.8. The molecule has 2 N–H and O–H groups in total. The Bertz CT molecular complexity index is 2070. The van der Waals surface area contributed by atoms with Crippen LogP contribution in [0.25, 0.3) is 10.9 Å². The van der Waals surface area contributed by atoms with Crippen LogP contribution in [-0.2, 0) is 6.42 Å². The number of aromatic hydroxyl groups is 1. The Labute approximate surface area is 278 Å². The highest BCUT2D eigenvalue weighted by Crippen LogP contribution is 2.45. The van der Waals surface area contributed by atoms with Gasteiger partial charge in [-0.15, -0.1) is 0 Å². The molecule has 9 nitrogen and oxygen atoms in total. The summed E-state index contributed by atoms with van der Waals surface area (Å²) in [7, 11) is 1.58. The molecule has 0 radical (unpaired) electrons. The van der Waals surface area contributed by atoms with E-state index in [0.29, 0.717) is 67.0 Å². The molecule has 1 aliphatic carbocycles. The Balaban J connectivity index is 1.27. The summed E-state index contributed by atoms with van der Waals surface area (Å²) in [6.45, 7) is 1.20. The molecular formula is C39H35N3O6. The van der Waals surface area contributed by atoms with Gasteiger partial charge in [-0.25, -0.2) is 0 Å². The van der Waals surface area contributed by atoms with E-state index in [1.807, 2.05) is 71.6 Å². The number of hydrogen-bond acceptors (Lipinski definition) is 7. The molecule has 9 rings (SSSR count). The van der Waals surface area contributed by atoms with Gasteiger partial charge in [0.05, 0.1) is 36.4 Å². The van der Waals surface area contributed by atoms with Crippen molar-refractivity contribution < 1.29 is 28.9 Å². The minimum atomic E-state index is -0.428. The summed E-state index contributed by atoms with van der Waals surface area (Å²) in [5.41, 5.74) is 5.45. The summed E-state index contributed by atoms with van der Waals surface area (Å²) in [6.07, 6.45) is 3.33. The number of para-hydroxylation sites is 1. The predicted molar refractivity (Wildman–Crippen MR) is 180 cm³/mol. The van der Waals surface area contributed by atoms with Crippen LogP contribution in [0.2, 0.25) is 0 Å². The maximum atomic E-state index is 14.8. The van der Waals surface area contributed by atoms with Gasteiger partial charge in [-0.3, -0.25) is 14.6 Å². The Morgan fingerprint density at radius 2 is 1.88 bits per heavy atom. The number of methoxy groups -OCH3 is 1. The van der Waals surface area contributed by atoms with Gasteiger partial charge in [0, 0.05) is 30.1 Å². The molecule has 48 heavy (non-hydrogen) atoms. The van der Waals surface area contributed by atoms with E-state index >= 15 is 0 Å². The first-order valence-corrected chi connectivity index (χ1v) is 16.4. The number of phenols is 1. The average Bonchev–Trinajstić information content (AvgIpc) is 3.96. The van der Waals surface area contributed by atoms with Crippen LogP contribution in [0.4, 0.5) is 0 Å². The first kappa shape index (κ1) is 29.8. The number of amides is 2. The topological polar surface area (TPSA) is 110 Å². The monoisotopic (exact) mass is 641 g/mol. The van der Waals surface area contributed by atoms with E-state index in [4.69, 9.17) is 19.2 Å². The van der Waals surface area contributed by atoms with E-state index in [9.17, 15) is 14.7 Å². The van der Waals surface area contributed by atoms with E-state index in [0.717, 1.165) is 46.1 Å². The Hall–Kier alpha value is -5.57. The summed E-state index contributed by atoms with van der Waals surface area (Å²) >= 11 is 0. The fraction of sp³-hybridized carbons (Fsp3) is 0.256. The molecule has 0 saturated heterocycles. The number of nitrogens with one attached hydrogen (secondary N) is 1.